The number of amidine groups is 2. The predicted molar refractivity (Wildman–Crippen MR) is 61.0 cm³/mol. The molecule has 1 unspecified atom stereocenters. The summed E-state index contributed by atoms with van der Waals surface area (Å²) in [6.45, 7) is 5.34. The molecule has 3 aliphatic heterocycles. The van der Waals surface area contributed by atoms with Gasteiger partial charge in [0.15, 0.2) is 0 Å². The van der Waals surface area contributed by atoms with Crippen molar-refractivity contribution in [3.05, 3.63) is 12.2 Å². The second-order valence-corrected chi connectivity index (χ2v) is 4.38. The number of rotatable bonds is 0. The van der Waals surface area contributed by atoms with Gasteiger partial charge >= 0.3 is 0 Å². The van der Waals surface area contributed by atoms with Crippen molar-refractivity contribution in [1.29, 1.82) is 0 Å². The van der Waals surface area contributed by atoms with E-state index >= 15 is 0 Å². The van der Waals surface area contributed by atoms with E-state index in [2.05, 4.69) is 34.1 Å². The van der Waals surface area contributed by atoms with Crippen LogP contribution in [0.25, 0.3) is 0 Å². The molecule has 0 aromatic rings. The minimum Gasteiger partial charge on any atom is -0.355 e. The van der Waals surface area contributed by atoms with Crippen molar-refractivity contribution in [2.45, 2.75) is 25.8 Å². The zero-order valence-electron chi connectivity index (χ0n) is 9.06. The Bertz CT molecular complexity index is 350. The Morgan fingerprint density at radius 3 is 2.73 bits per heavy atom. The average molecular weight is 204 g/mol. The first kappa shape index (κ1) is 8.95. The number of hydrazone groups is 1. The molecule has 0 saturated carbocycles. The molecule has 1 saturated heterocycles. The molecule has 4 heteroatoms. The SMILES string of the molecule is CC1CN=C2C=CC(N3CCCC3)=NN21. The summed E-state index contributed by atoms with van der Waals surface area (Å²) in [7, 11) is 0. The molecule has 15 heavy (non-hydrogen) atoms. The van der Waals surface area contributed by atoms with Crippen LogP contribution < -0.4 is 0 Å². The third-order valence-corrected chi connectivity index (χ3v) is 3.19. The van der Waals surface area contributed by atoms with Crippen molar-refractivity contribution in [3.8, 4) is 0 Å². The van der Waals surface area contributed by atoms with E-state index in [9.17, 15) is 0 Å². The largest absolute Gasteiger partial charge is 0.355 e. The number of hydrogen-bond acceptors (Lipinski definition) is 4. The molecule has 0 radical (unpaired) electrons. The van der Waals surface area contributed by atoms with Crippen molar-refractivity contribution >= 4 is 11.7 Å². The number of hydrogen-bond donors (Lipinski definition) is 0. The van der Waals surface area contributed by atoms with Gasteiger partial charge in [-0.1, -0.05) is 0 Å². The monoisotopic (exact) mass is 204 g/mol. The van der Waals surface area contributed by atoms with Gasteiger partial charge in [-0.3, -0.25) is 4.99 Å². The Hall–Kier alpha value is -1.32. The minimum absolute atomic E-state index is 0.419. The Morgan fingerprint density at radius 2 is 1.93 bits per heavy atom. The summed E-state index contributed by atoms with van der Waals surface area (Å²) >= 11 is 0. The summed E-state index contributed by atoms with van der Waals surface area (Å²) in [6.07, 6.45) is 6.77. The summed E-state index contributed by atoms with van der Waals surface area (Å²) in [4.78, 5) is 6.79. The van der Waals surface area contributed by atoms with Gasteiger partial charge in [-0.05, 0) is 31.9 Å². The number of fused-ring (bicyclic) bond motifs is 1. The average Bonchev–Trinajstić information content (AvgIpc) is 2.88. The van der Waals surface area contributed by atoms with Gasteiger partial charge < -0.3 is 4.90 Å². The first-order valence-electron chi connectivity index (χ1n) is 5.70. The summed E-state index contributed by atoms with van der Waals surface area (Å²) in [5.74, 6) is 2.13. The van der Waals surface area contributed by atoms with Gasteiger partial charge in [0.05, 0.1) is 12.6 Å². The second kappa shape index (κ2) is 3.36. The van der Waals surface area contributed by atoms with Gasteiger partial charge in [-0.25, -0.2) is 5.01 Å². The molecule has 0 aromatic heterocycles. The molecule has 80 valence electrons. The quantitative estimate of drug-likeness (QED) is 0.591. The third kappa shape index (κ3) is 1.44. The van der Waals surface area contributed by atoms with Gasteiger partial charge in [0.2, 0.25) is 0 Å². The van der Waals surface area contributed by atoms with Crippen LogP contribution in [0.15, 0.2) is 22.2 Å². The molecule has 3 rings (SSSR count). The highest BCUT2D eigenvalue weighted by atomic mass is 15.5. The lowest BCUT2D eigenvalue weighted by Crippen LogP contribution is -2.37. The first-order chi connectivity index (χ1) is 7.34. The number of nitrogens with zero attached hydrogens (tertiary/aromatic N) is 4. The lowest BCUT2D eigenvalue weighted by Gasteiger charge is -2.26. The fourth-order valence-electron chi connectivity index (χ4n) is 2.29. The van der Waals surface area contributed by atoms with E-state index in [1.807, 2.05) is 5.01 Å². The van der Waals surface area contributed by atoms with Crippen LogP contribution in [-0.2, 0) is 0 Å². The standard InChI is InChI=1S/C11H16N4/c1-9-8-12-10-4-5-11(13-15(9)10)14-6-2-3-7-14/h4-5,9H,2-3,6-8H2,1H3. The van der Waals surface area contributed by atoms with Crippen LogP contribution >= 0.6 is 0 Å². The maximum Gasteiger partial charge on any atom is 0.149 e. The predicted octanol–water partition coefficient (Wildman–Crippen LogP) is 1.07. The fourth-order valence-corrected chi connectivity index (χ4v) is 2.29. The van der Waals surface area contributed by atoms with Gasteiger partial charge in [0.1, 0.15) is 11.7 Å². The Balaban J connectivity index is 1.83. The molecule has 0 bridgehead atoms. The van der Waals surface area contributed by atoms with Crippen molar-refractivity contribution in [2.75, 3.05) is 19.6 Å². The van der Waals surface area contributed by atoms with E-state index in [-0.39, 0.29) is 0 Å². The molecule has 1 fully saturated rings. The van der Waals surface area contributed by atoms with Crippen LogP contribution in [0.1, 0.15) is 19.8 Å². The normalized spacial score (nSPS) is 29.3. The zero-order valence-corrected chi connectivity index (χ0v) is 9.06. The highest BCUT2D eigenvalue weighted by Crippen LogP contribution is 2.18. The number of likely N-dealkylation sites (tertiary alicyclic amines) is 1. The van der Waals surface area contributed by atoms with E-state index < -0.39 is 0 Å². The minimum atomic E-state index is 0.419. The molecular formula is C11H16N4. The Morgan fingerprint density at radius 1 is 1.20 bits per heavy atom. The lowest BCUT2D eigenvalue weighted by atomic mass is 10.3. The molecule has 0 aromatic carbocycles. The van der Waals surface area contributed by atoms with Crippen molar-refractivity contribution in [3.63, 3.8) is 0 Å². The first-order valence-corrected chi connectivity index (χ1v) is 5.70. The topological polar surface area (TPSA) is 31.2 Å². The molecular weight excluding hydrogens is 188 g/mol. The van der Waals surface area contributed by atoms with Crippen LogP contribution in [0.5, 0.6) is 0 Å². The van der Waals surface area contributed by atoms with Gasteiger partial charge in [0, 0.05) is 13.1 Å². The van der Waals surface area contributed by atoms with Crippen LogP contribution in [0.2, 0.25) is 0 Å². The van der Waals surface area contributed by atoms with Crippen molar-refractivity contribution < 1.29 is 0 Å². The fraction of sp³-hybridized carbons (Fsp3) is 0.636. The molecule has 0 aliphatic carbocycles. The molecule has 3 heterocycles. The molecule has 0 amide bonds. The van der Waals surface area contributed by atoms with E-state index in [1.54, 1.807) is 0 Å². The van der Waals surface area contributed by atoms with Crippen LogP contribution in [0.4, 0.5) is 0 Å². The smallest absolute Gasteiger partial charge is 0.149 e. The zero-order chi connectivity index (χ0) is 10.3. The Labute approximate surface area is 90.0 Å². The molecule has 0 N–H and O–H groups in total. The highest BCUT2D eigenvalue weighted by Gasteiger charge is 2.26. The van der Waals surface area contributed by atoms with Crippen LogP contribution in [0, 0.1) is 0 Å². The molecule has 4 nitrogen and oxygen atoms in total. The van der Waals surface area contributed by atoms with Crippen LogP contribution in [-0.4, -0.2) is 47.3 Å². The summed E-state index contributed by atoms with van der Waals surface area (Å²) < 4.78 is 0. The highest BCUT2D eigenvalue weighted by molar-refractivity contribution is 6.05. The van der Waals surface area contributed by atoms with E-state index in [0.717, 1.165) is 31.3 Å². The van der Waals surface area contributed by atoms with Gasteiger partial charge in [-0.2, -0.15) is 5.10 Å². The third-order valence-electron chi connectivity index (χ3n) is 3.19. The molecule has 3 aliphatic rings. The van der Waals surface area contributed by atoms with Gasteiger partial charge in [0.25, 0.3) is 0 Å². The molecule has 0 spiro atoms. The van der Waals surface area contributed by atoms with Crippen molar-refractivity contribution in [1.82, 2.24) is 9.91 Å². The second-order valence-electron chi connectivity index (χ2n) is 4.38. The van der Waals surface area contributed by atoms with Crippen LogP contribution in [0.3, 0.4) is 0 Å². The Kier molecular flexibility index (Phi) is 2.01. The van der Waals surface area contributed by atoms with E-state index in [4.69, 9.17) is 0 Å². The van der Waals surface area contributed by atoms with Gasteiger partial charge in [-0.15, -0.1) is 0 Å². The molecule has 1 atom stereocenters. The maximum atomic E-state index is 4.67. The summed E-state index contributed by atoms with van der Waals surface area (Å²) in [5.41, 5.74) is 0. The lowest BCUT2D eigenvalue weighted by molar-refractivity contribution is 0.370. The van der Waals surface area contributed by atoms with E-state index in [0.29, 0.717) is 6.04 Å². The summed E-state index contributed by atoms with van der Waals surface area (Å²) in [6, 6.07) is 0.419. The van der Waals surface area contributed by atoms with E-state index in [1.165, 1.54) is 12.8 Å². The number of aliphatic imine (C=N–C) groups is 1. The summed E-state index contributed by atoms with van der Waals surface area (Å²) in [5, 5.41) is 6.71. The van der Waals surface area contributed by atoms with Crippen molar-refractivity contribution in [2.24, 2.45) is 10.1 Å². The maximum absolute atomic E-state index is 4.67.